The Hall–Kier alpha value is -2.73. The summed E-state index contributed by atoms with van der Waals surface area (Å²) < 4.78 is 0. The minimum atomic E-state index is -0.282. The molecular formula is C18H20N4O2. The van der Waals surface area contributed by atoms with Crippen LogP contribution in [0.3, 0.4) is 0 Å². The van der Waals surface area contributed by atoms with Crippen LogP contribution in [0.5, 0.6) is 0 Å². The summed E-state index contributed by atoms with van der Waals surface area (Å²) in [7, 11) is 0. The third-order valence-electron chi connectivity index (χ3n) is 4.12. The predicted molar refractivity (Wildman–Crippen MR) is 91.4 cm³/mol. The number of pyridine rings is 1. The highest BCUT2D eigenvalue weighted by Crippen LogP contribution is 2.20. The van der Waals surface area contributed by atoms with Crippen molar-refractivity contribution >= 4 is 16.8 Å². The van der Waals surface area contributed by atoms with Crippen LogP contribution < -0.4 is 0 Å². The van der Waals surface area contributed by atoms with E-state index >= 15 is 0 Å². The predicted octanol–water partition coefficient (Wildman–Crippen LogP) is 2.37. The lowest BCUT2D eigenvalue weighted by molar-refractivity contribution is 0.0556. The molecule has 1 amide bonds. The van der Waals surface area contributed by atoms with E-state index in [0.29, 0.717) is 18.7 Å². The van der Waals surface area contributed by atoms with Crippen LogP contribution in [0.25, 0.3) is 10.9 Å². The lowest BCUT2D eigenvalue weighted by atomic mass is 10.1. The summed E-state index contributed by atoms with van der Waals surface area (Å²) in [6.45, 7) is 2.18. The molecular weight excluding hydrogens is 304 g/mol. The normalized spacial score (nSPS) is 12.2. The van der Waals surface area contributed by atoms with Gasteiger partial charge in [0.1, 0.15) is 0 Å². The molecule has 124 valence electrons. The average Bonchev–Trinajstić information content (AvgIpc) is 3.06. The molecule has 0 bridgehead atoms. The number of aromatic amines is 1. The van der Waals surface area contributed by atoms with Gasteiger partial charge in [0.15, 0.2) is 5.69 Å². The first-order valence-corrected chi connectivity index (χ1v) is 7.99. The van der Waals surface area contributed by atoms with Crippen molar-refractivity contribution in [3.63, 3.8) is 0 Å². The van der Waals surface area contributed by atoms with E-state index in [9.17, 15) is 9.90 Å². The number of para-hydroxylation sites is 1. The molecule has 24 heavy (non-hydrogen) atoms. The zero-order valence-corrected chi connectivity index (χ0v) is 13.5. The Labute approximate surface area is 140 Å². The fourth-order valence-electron chi connectivity index (χ4n) is 2.74. The van der Waals surface area contributed by atoms with Gasteiger partial charge in [-0.1, -0.05) is 31.2 Å². The maximum Gasteiger partial charge on any atom is 0.275 e. The number of amides is 1. The second-order valence-electron chi connectivity index (χ2n) is 5.62. The van der Waals surface area contributed by atoms with E-state index in [-0.39, 0.29) is 18.6 Å². The van der Waals surface area contributed by atoms with Gasteiger partial charge in [-0.2, -0.15) is 5.10 Å². The van der Waals surface area contributed by atoms with Crippen molar-refractivity contribution in [3.05, 3.63) is 60.0 Å². The van der Waals surface area contributed by atoms with E-state index in [1.807, 2.05) is 49.4 Å². The minimum Gasteiger partial charge on any atom is -0.394 e. The van der Waals surface area contributed by atoms with Crippen LogP contribution in [0, 0.1) is 0 Å². The van der Waals surface area contributed by atoms with E-state index in [1.54, 1.807) is 11.1 Å². The van der Waals surface area contributed by atoms with Gasteiger partial charge in [-0.3, -0.25) is 14.9 Å². The van der Waals surface area contributed by atoms with Crippen LogP contribution in [0.4, 0.5) is 0 Å². The van der Waals surface area contributed by atoms with E-state index in [0.717, 1.165) is 16.6 Å². The van der Waals surface area contributed by atoms with Crippen LogP contribution in [-0.4, -0.2) is 43.7 Å². The molecule has 2 aromatic heterocycles. The highest BCUT2D eigenvalue weighted by molar-refractivity contribution is 6.04. The number of carbonyl (C=O) groups excluding carboxylic acids is 1. The minimum absolute atomic E-state index is 0.0998. The number of aromatic nitrogens is 3. The van der Waals surface area contributed by atoms with Crippen molar-refractivity contribution < 1.29 is 9.90 Å². The Balaban J connectivity index is 1.96. The number of fused-ring (bicyclic) bond motifs is 1. The van der Waals surface area contributed by atoms with Crippen LogP contribution in [0.2, 0.25) is 0 Å². The molecule has 0 aliphatic carbocycles. The van der Waals surface area contributed by atoms with Crippen LogP contribution in [-0.2, 0) is 6.54 Å². The van der Waals surface area contributed by atoms with E-state index < -0.39 is 0 Å². The molecule has 0 spiro atoms. The molecule has 3 rings (SSSR count). The number of benzene rings is 1. The smallest absolute Gasteiger partial charge is 0.275 e. The molecule has 1 atom stereocenters. The molecule has 1 unspecified atom stereocenters. The molecule has 1 aromatic carbocycles. The van der Waals surface area contributed by atoms with E-state index in [1.165, 1.54) is 0 Å². The summed E-state index contributed by atoms with van der Waals surface area (Å²) >= 11 is 0. The first-order valence-electron chi connectivity index (χ1n) is 7.99. The third kappa shape index (κ3) is 3.14. The Morgan fingerprint density at radius 1 is 1.25 bits per heavy atom. The van der Waals surface area contributed by atoms with Crippen molar-refractivity contribution in [3.8, 4) is 0 Å². The van der Waals surface area contributed by atoms with Gasteiger partial charge in [0.05, 0.1) is 30.4 Å². The molecule has 3 aromatic rings. The summed E-state index contributed by atoms with van der Waals surface area (Å²) in [5, 5.41) is 17.5. The Kier molecular flexibility index (Phi) is 4.86. The summed E-state index contributed by atoms with van der Waals surface area (Å²) in [5.74, 6) is -0.209. The van der Waals surface area contributed by atoms with Gasteiger partial charge in [0.25, 0.3) is 5.91 Å². The fourth-order valence-corrected chi connectivity index (χ4v) is 2.74. The van der Waals surface area contributed by atoms with Crippen molar-refractivity contribution in [2.45, 2.75) is 25.9 Å². The molecule has 6 nitrogen and oxygen atoms in total. The van der Waals surface area contributed by atoms with Crippen LogP contribution >= 0.6 is 0 Å². The van der Waals surface area contributed by atoms with Gasteiger partial charge in [0, 0.05) is 11.6 Å². The number of rotatable bonds is 6. The highest BCUT2D eigenvalue weighted by Gasteiger charge is 2.26. The molecule has 0 aliphatic heterocycles. The second kappa shape index (κ2) is 7.23. The van der Waals surface area contributed by atoms with Gasteiger partial charge in [-0.25, -0.2) is 0 Å². The fraction of sp³-hybridized carbons (Fsp3) is 0.278. The number of aliphatic hydroxyl groups excluding tert-OH is 1. The Morgan fingerprint density at radius 2 is 2.04 bits per heavy atom. The quantitative estimate of drug-likeness (QED) is 0.729. The van der Waals surface area contributed by atoms with Gasteiger partial charge < -0.3 is 10.0 Å². The first-order chi connectivity index (χ1) is 11.7. The molecule has 0 radical (unpaired) electrons. The topological polar surface area (TPSA) is 82.1 Å². The third-order valence-corrected chi connectivity index (χ3v) is 4.12. The van der Waals surface area contributed by atoms with E-state index in [4.69, 9.17) is 0 Å². The zero-order chi connectivity index (χ0) is 16.9. The lowest BCUT2D eigenvalue weighted by Gasteiger charge is -2.29. The first kappa shape index (κ1) is 16.1. The number of aliphatic hydroxyl groups is 1. The van der Waals surface area contributed by atoms with E-state index in [2.05, 4.69) is 15.2 Å². The Bertz CT molecular complexity index is 812. The average molecular weight is 324 g/mol. The lowest BCUT2D eigenvalue weighted by Crippen LogP contribution is -2.42. The number of H-pyrrole nitrogens is 1. The summed E-state index contributed by atoms with van der Waals surface area (Å²) in [5.41, 5.74) is 1.96. The number of hydrogen-bond acceptors (Lipinski definition) is 4. The molecule has 0 fully saturated rings. The monoisotopic (exact) mass is 324 g/mol. The Morgan fingerprint density at radius 3 is 2.75 bits per heavy atom. The summed E-state index contributed by atoms with van der Waals surface area (Å²) in [6, 6.07) is 12.8. The van der Waals surface area contributed by atoms with Gasteiger partial charge in [-0.15, -0.1) is 0 Å². The number of hydrogen-bond donors (Lipinski definition) is 2. The van der Waals surface area contributed by atoms with Crippen molar-refractivity contribution in [1.82, 2.24) is 20.1 Å². The van der Waals surface area contributed by atoms with Crippen molar-refractivity contribution in [1.29, 1.82) is 0 Å². The summed E-state index contributed by atoms with van der Waals surface area (Å²) in [4.78, 5) is 19.0. The zero-order valence-electron chi connectivity index (χ0n) is 13.5. The van der Waals surface area contributed by atoms with Crippen LogP contribution in [0.1, 0.15) is 29.5 Å². The van der Waals surface area contributed by atoms with Gasteiger partial charge in [0.2, 0.25) is 0 Å². The molecule has 0 saturated heterocycles. The molecule has 0 aliphatic rings. The van der Waals surface area contributed by atoms with Crippen molar-refractivity contribution in [2.24, 2.45) is 0 Å². The summed E-state index contributed by atoms with van der Waals surface area (Å²) in [6.07, 6.45) is 2.35. The van der Waals surface area contributed by atoms with Crippen LogP contribution in [0.15, 0.2) is 48.7 Å². The number of nitrogens with one attached hydrogen (secondary N) is 1. The standard InChI is InChI=1S/C18H20N4O2/c1-2-14(12-23)22(11-13-7-5-6-10-19-13)18(24)17-15-8-3-4-9-16(15)20-21-17/h3-10,14,23H,2,11-12H2,1H3,(H,20,21). The maximum atomic E-state index is 13.1. The molecule has 2 N–H and O–H groups in total. The molecule has 2 heterocycles. The second-order valence-corrected chi connectivity index (χ2v) is 5.62. The highest BCUT2D eigenvalue weighted by atomic mass is 16.3. The molecule has 6 heteroatoms. The van der Waals surface area contributed by atoms with Gasteiger partial charge in [-0.05, 0) is 24.6 Å². The number of nitrogens with zero attached hydrogens (tertiary/aromatic N) is 3. The maximum absolute atomic E-state index is 13.1. The van der Waals surface area contributed by atoms with Crippen molar-refractivity contribution in [2.75, 3.05) is 6.61 Å². The number of carbonyl (C=O) groups is 1. The molecule has 0 saturated carbocycles. The largest absolute Gasteiger partial charge is 0.394 e. The SMILES string of the molecule is CCC(CO)N(Cc1ccccn1)C(=O)c1n[nH]c2ccccc12. The van der Waals surface area contributed by atoms with Gasteiger partial charge >= 0.3 is 0 Å².